The average Bonchev–Trinajstić information content (AvgIpc) is 3.14. The minimum absolute atomic E-state index is 0.0925. The van der Waals surface area contributed by atoms with Crippen molar-refractivity contribution in [2.24, 2.45) is 0 Å². The predicted octanol–water partition coefficient (Wildman–Crippen LogP) is 2.56. The van der Waals surface area contributed by atoms with Crippen molar-refractivity contribution < 1.29 is 27.8 Å². The standard InChI is InChI=1S/C16H15F2NO4/c17-10-2-1-3-11(18)14(10)13-5-4-9(23-13)8-19-12-6-7-22-15(12)16(20)21/h1-5,12,15,19H,6-8H2,(H,20,21)/t12-,15+/m0/s1. The van der Waals surface area contributed by atoms with Crippen LogP contribution < -0.4 is 5.32 Å². The maximum absolute atomic E-state index is 13.7. The molecule has 1 aliphatic heterocycles. The summed E-state index contributed by atoms with van der Waals surface area (Å²) in [6, 6.07) is 6.36. The first kappa shape index (κ1) is 15.6. The average molecular weight is 323 g/mol. The first-order valence-electron chi connectivity index (χ1n) is 7.17. The van der Waals surface area contributed by atoms with E-state index in [4.69, 9.17) is 14.3 Å². The monoisotopic (exact) mass is 323 g/mol. The molecule has 23 heavy (non-hydrogen) atoms. The molecular weight excluding hydrogens is 308 g/mol. The molecule has 7 heteroatoms. The molecular formula is C16H15F2NO4. The molecule has 1 aromatic heterocycles. The predicted molar refractivity (Wildman–Crippen MR) is 76.7 cm³/mol. The maximum Gasteiger partial charge on any atom is 0.334 e. The molecule has 3 rings (SSSR count). The van der Waals surface area contributed by atoms with E-state index in [1.807, 2.05) is 0 Å². The Labute approximate surface area is 130 Å². The molecule has 0 unspecified atom stereocenters. The molecule has 0 aliphatic carbocycles. The van der Waals surface area contributed by atoms with Gasteiger partial charge in [0.2, 0.25) is 0 Å². The summed E-state index contributed by atoms with van der Waals surface area (Å²) in [5.41, 5.74) is -0.216. The number of hydrogen-bond donors (Lipinski definition) is 2. The van der Waals surface area contributed by atoms with Gasteiger partial charge >= 0.3 is 5.97 Å². The third-order valence-electron chi connectivity index (χ3n) is 3.74. The van der Waals surface area contributed by atoms with E-state index >= 15 is 0 Å². The summed E-state index contributed by atoms with van der Waals surface area (Å²) in [5.74, 6) is -1.87. The van der Waals surface area contributed by atoms with E-state index in [-0.39, 0.29) is 23.9 Å². The molecule has 0 amide bonds. The molecule has 1 saturated heterocycles. The van der Waals surface area contributed by atoms with Crippen LogP contribution in [0.1, 0.15) is 12.2 Å². The Hall–Kier alpha value is -2.25. The van der Waals surface area contributed by atoms with E-state index in [1.165, 1.54) is 12.1 Å². The summed E-state index contributed by atoms with van der Waals surface area (Å²) in [5, 5.41) is 12.1. The number of hydrogen-bond acceptors (Lipinski definition) is 4. The van der Waals surface area contributed by atoms with Crippen LogP contribution in [0.5, 0.6) is 0 Å². The fourth-order valence-electron chi connectivity index (χ4n) is 2.61. The lowest BCUT2D eigenvalue weighted by atomic mass is 10.1. The van der Waals surface area contributed by atoms with Crippen LogP contribution in [0.15, 0.2) is 34.7 Å². The molecule has 0 saturated carbocycles. The molecule has 1 aromatic carbocycles. The quantitative estimate of drug-likeness (QED) is 0.885. The van der Waals surface area contributed by atoms with Crippen molar-refractivity contribution in [2.45, 2.75) is 25.1 Å². The lowest BCUT2D eigenvalue weighted by molar-refractivity contribution is -0.148. The lowest BCUT2D eigenvalue weighted by Crippen LogP contribution is -2.40. The van der Waals surface area contributed by atoms with Gasteiger partial charge in [0.1, 0.15) is 23.2 Å². The highest BCUT2D eigenvalue weighted by Crippen LogP contribution is 2.28. The van der Waals surface area contributed by atoms with Crippen molar-refractivity contribution in [1.29, 1.82) is 0 Å². The number of halogens is 2. The number of rotatable bonds is 5. The Morgan fingerprint density at radius 3 is 2.70 bits per heavy atom. The molecule has 2 aromatic rings. The molecule has 0 radical (unpaired) electrons. The van der Waals surface area contributed by atoms with Gasteiger partial charge in [-0.3, -0.25) is 0 Å². The van der Waals surface area contributed by atoms with Crippen molar-refractivity contribution >= 4 is 5.97 Å². The molecule has 1 fully saturated rings. The maximum atomic E-state index is 13.7. The summed E-state index contributed by atoms with van der Waals surface area (Å²) in [4.78, 5) is 11.0. The molecule has 0 bridgehead atoms. The molecule has 122 valence electrons. The number of carboxylic acids is 1. The van der Waals surface area contributed by atoms with Crippen LogP contribution in [0.4, 0.5) is 8.78 Å². The van der Waals surface area contributed by atoms with Gasteiger partial charge in [0.25, 0.3) is 0 Å². The van der Waals surface area contributed by atoms with Gasteiger partial charge in [-0.15, -0.1) is 0 Å². The van der Waals surface area contributed by atoms with Crippen LogP contribution in [-0.2, 0) is 16.1 Å². The third kappa shape index (κ3) is 3.25. The second-order valence-corrected chi connectivity index (χ2v) is 5.27. The molecule has 2 atom stereocenters. The minimum atomic E-state index is -1.02. The van der Waals surface area contributed by atoms with Crippen LogP contribution in [0.3, 0.4) is 0 Å². The molecule has 2 N–H and O–H groups in total. The van der Waals surface area contributed by atoms with Crippen LogP contribution >= 0.6 is 0 Å². The van der Waals surface area contributed by atoms with Crippen molar-refractivity contribution in [3.05, 3.63) is 47.7 Å². The van der Waals surface area contributed by atoms with Gasteiger partial charge in [0.05, 0.1) is 12.1 Å². The largest absolute Gasteiger partial charge is 0.479 e. The van der Waals surface area contributed by atoms with Crippen molar-refractivity contribution in [3.8, 4) is 11.3 Å². The second-order valence-electron chi connectivity index (χ2n) is 5.27. The highest BCUT2D eigenvalue weighted by Gasteiger charge is 2.33. The second kappa shape index (κ2) is 6.47. The summed E-state index contributed by atoms with van der Waals surface area (Å²) in [6.45, 7) is 0.617. The van der Waals surface area contributed by atoms with Crippen molar-refractivity contribution in [1.82, 2.24) is 5.32 Å². The lowest BCUT2D eigenvalue weighted by Gasteiger charge is -2.15. The summed E-state index contributed by atoms with van der Waals surface area (Å²) in [6.07, 6.45) is -0.319. The third-order valence-corrected chi connectivity index (χ3v) is 3.74. The fourth-order valence-corrected chi connectivity index (χ4v) is 2.61. The first-order chi connectivity index (χ1) is 11.1. The number of nitrogens with one attached hydrogen (secondary N) is 1. The van der Waals surface area contributed by atoms with Crippen LogP contribution in [-0.4, -0.2) is 29.8 Å². The van der Waals surface area contributed by atoms with Gasteiger partial charge in [-0.05, 0) is 30.7 Å². The number of furan rings is 1. The van der Waals surface area contributed by atoms with E-state index in [0.29, 0.717) is 18.8 Å². The Morgan fingerprint density at radius 1 is 1.26 bits per heavy atom. The van der Waals surface area contributed by atoms with Gasteiger partial charge in [0, 0.05) is 12.6 Å². The zero-order chi connectivity index (χ0) is 16.4. The Balaban J connectivity index is 1.70. The zero-order valence-electron chi connectivity index (χ0n) is 12.1. The topological polar surface area (TPSA) is 71.7 Å². The summed E-state index contributed by atoms with van der Waals surface area (Å²) in [7, 11) is 0. The van der Waals surface area contributed by atoms with E-state index in [0.717, 1.165) is 12.1 Å². The molecule has 5 nitrogen and oxygen atoms in total. The Morgan fingerprint density at radius 2 is 2.00 bits per heavy atom. The van der Waals surface area contributed by atoms with Gasteiger partial charge in [-0.1, -0.05) is 6.07 Å². The summed E-state index contributed by atoms with van der Waals surface area (Å²) >= 11 is 0. The van der Waals surface area contributed by atoms with Gasteiger partial charge < -0.3 is 19.6 Å². The van der Waals surface area contributed by atoms with E-state index in [2.05, 4.69) is 5.32 Å². The van der Waals surface area contributed by atoms with Crippen molar-refractivity contribution in [3.63, 3.8) is 0 Å². The Kier molecular flexibility index (Phi) is 4.40. The SMILES string of the molecule is O=C(O)[C@@H]1OCC[C@@H]1NCc1ccc(-c2c(F)cccc2F)o1. The van der Waals surface area contributed by atoms with Crippen LogP contribution in [0.25, 0.3) is 11.3 Å². The minimum Gasteiger partial charge on any atom is -0.479 e. The van der Waals surface area contributed by atoms with E-state index in [9.17, 15) is 13.6 Å². The van der Waals surface area contributed by atoms with Crippen molar-refractivity contribution in [2.75, 3.05) is 6.61 Å². The van der Waals surface area contributed by atoms with E-state index in [1.54, 1.807) is 6.07 Å². The fraction of sp³-hybridized carbons (Fsp3) is 0.312. The highest BCUT2D eigenvalue weighted by molar-refractivity contribution is 5.73. The smallest absolute Gasteiger partial charge is 0.334 e. The normalized spacial score (nSPS) is 20.8. The Bertz CT molecular complexity index is 696. The van der Waals surface area contributed by atoms with Crippen LogP contribution in [0, 0.1) is 11.6 Å². The number of carbonyl (C=O) groups is 1. The summed E-state index contributed by atoms with van der Waals surface area (Å²) < 4.78 is 38.0. The number of carboxylic acid groups (broad SMARTS) is 1. The number of aliphatic carboxylic acids is 1. The highest BCUT2D eigenvalue weighted by atomic mass is 19.1. The van der Waals surface area contributed by atoms with Gasteiger partial charge in [0.15, 0.2) is 6.10 Å². The molecule has 0 spiro atoms. The number of benzene rings is 1. The van der Waals surface area contributed by atoms with E-state index < -0.39 is 23.7 Å². The first-order valence-corrected chi connectivity index (χ1v) is 7.17. The van der Waals surface area contributed by atoms with Gasteiger partial charge in [-0.2, -0.15) is 0 Å². The zero-order valence-corrected chi connectivity index (χ0v) is 12.1. The van der Waals surface area contributed by atoms with Crippen LogP contribution in [0.2, 0.25) is 0 Å². The molecule has 1 aliphatic rings. The molecule has 2 heterocycles. The van der Waals surface area contributed by atoms with Gasteiger partial charge in [-0.25, -0.2) is 13.6 Å². The number of ether oxygens (including phenoxy) is 1.